The highest BCUT2D eigenvalue weighted by atomic mass is 16.2. The molecule has 1 aromatic carbocycles. The van der Waals surface area contributed by atoms with Gasteiger partial charge < -0.3 is 9.80 Å². The summed E-state index contributed by atoms with van der Waals surface area (Å²) in [5.41, 5.74) is 4.92. The molecule has 4 rings (SSSR count). The summed E-state index contributed by atoms with van der Waals surface area (Å²) in [6.45, 7) is 8.21. The van der Waals surface area contributed by atoms with Gasteiger partial charge in [-0.2, -0.15) is 5.10 Å². The van der Waals surface area contributed by atoms with Gasteiger partial charge in [-0.25, -0.2) is 0 Å². The fourth-order valence-corrected chi connectivity index (χ4v) is 5.34. The molecular formula is C24H35N4O+. The van der Waals surface area contributed by atoms with Crippen LogP contribution in [0.5, 0.6) is 0 Å². The van der Waals surface area contributed by atoms with Crippen LogP contribution in [0.25, 0.3) is 0 Å². The van der Waals surface area contributed by atoms with Gasteiger partial charge in [0.05, 0.1) is 37.6 Å². The van der Waals surface area contributed by atoms with Crippen molar-refractivity contribution in [2.75, 3.05) is 19.6 Å². The molecule has 3 atom stereocenters. The zero-order valence-corrected chi connectivity index (χ0v) is 18.2. The van der Waals surface area contributed by atoms with Gasteiger partial charge in [0.15, 0.2) is 0 Å². The number of likely N-dealkylation sites (tertiary alicyclic amines) is 1. The molecule has 0 saturated carbocycles. The van der Waals surface area contributed by atoms with Crippen LogP contribution in [0.3, 0.4) is 0 Å². The van der Waals surface area contributed by atoms with Gasteiger partial charge in [0.25, 0.3) is 0 Å². The van der Waals surface area contributed by atoms with Gasteiger partial charge in [-0.15, -0.1) is 0 Å². The lowest BCUT2D eigenvalue weighted by atomic mass is 9.83. The molecule has 0 bridgehead atoms. The van der Waals surface area contributed by atoms with Gasteiger partial charge in [0, 0.05) is 25.8 Å². The van der Waals surface area contributed by atoms with Crippen LogP contribution in [0, 0.1) is 12.8 Å². The predicted octanol–water partition coefficient (Wildman–Crippen LogP) is 1.93. The van der Waals surface area contributed by atoms with Gasteiger partial charge in [-0.3, -0.25) is 9.48 Å². The van der Waals surface area contributed by atoms with E-state index in [1.807, 2.05) is 18.7 Å². The SMILES string of the molecule is CC[NH+]1CCC[C@H]1CN(Cc1cc(C)nn1C)C(=O)[C@@H]1CCc2ccccc2C1. The predicted molar refractivity (Wildman–Crippen MR) is 115 cm³/mol. The van der Waals surface area contributed by atoms with Crippen LogP contribution in [0.4, 0.5) is 0 Å². The van der Waals surface area contributed by atoms with E-state index in [1.165, 1.54) is 30.5 Å². The van der Waals surface area contributed by atoms with Crippen molar-refractivity contribution in [3.05, 3.63) is 52.8 Å². The summed E-state index contributed by atoms with van der Waals surface area (Å²) in [5.74, 6) is 0.436. The third-order valence-electron chi connectivity index (χ3n) is 6.98. The summed E-state index contributed by atoms with van der Waals surface area (Å²) >= 11 is 0. The summed E-state index contributed by atoms with van der Waals surface area (Å²) in [4.78, 5) is 17.5. The number of carbonyl (C=O) groups excluding carboxylic acids is 1. The lowest BCUT2D eigenvalue weighted by Crippen LogP contribution is -3.14. The molecule has 1 aliphatic heterocycles. The summed E-state index contributed by atoms with van der Waals surface area (Å²) < 4.78 is 1.94. The number of amides is 1. The Bertz CT molecular complexity index is 858. The molecule has 0 spiro atoms. The Morgan fingerprint density at radius 2 is 2.07 bits per heavy atom. The molecule has 29 heavy (non-hydrogen) atoms. The molecule has 2 heterocycles. The third kappa shape index (κ3) is 4.40. The lowest BCUT2D eigenvalue weighted by Gasteiger charge is -2.33. The molecule has 1 aliphatic carbocycles. The highest BCUT2D eigenvalue weighted by molar-refractivity contribution is 5.79. The Kier molecular flexibility index (Phi) is 6.04. The Labute approximate surface area is 174 Å². The quantitative estimate of drug-likeness (QED) is 0.812. The van der Waals surface area contributed by atoms with E-state index in [2.05, 4.69) is 47.3 Å². The topological polar surface area (TPSA) is 42.6 Å². The zero-order chi connectivity index (χ0) is 20.4. The number of nitrogens with one attached hydrogen (secondary N) is 1. The second-order valence-corrected chi connectivity index (χ2v) is 8.93. The molecule has 1 amide bonds. The average Bonchev–Trinajstić information content (AvgIpc) is 3.31. The maximum Gasteiger partial charge on any atom is 0.226 e. The summed E-state index contributed by atoms with van der Waals surface area (Å²) in [5, 5.41) is 4.50. The number of rotatable bonds is 6. The molecule has 1 aromatic heterocycles. The van der Waals surface area contributed by atoms with Crippen molar-refractivity contribution in [3.8, 4) is 0 Å². The number of likely N-dealkylation sites (N-methyl/N-ethyl adjacent to an activating group) is 1. The first-order valence-electron chi connectivity index (χ1n) is 11.2. The number of hydrogen-bond acceptors (Lipinski definition) is 2. The number of carbonyl (C=O) groups is 1. The first kappa shape index (κ1) is 20.1. The number of nitrogens with zero attached hydrogens (tertiary/aromatic N) is 3. The van der Waals surface area contributed by atoms with Crippen LogP contribution >= 0.6 is 0 Å². The first-order chi connectivity index (χ1) is 14.0. The van der Waals surface area contributed by atoms with E-state index >= 15 is 0 Å². The molecule has 5 heteroatoms. The van der Waals surface area contributed by atoms with E-state index in [4.69, 9.17) is 0 Å². The summed E-state index contributed by atoms with van der Waals surface area (Å²) in [6.07, 6.45) is 5.36. The Hall–Kier alpha value is -2.14. The third-order valence-corrected chi connectivity index (χ3v) is 6.98. The van der Waals surface area contributed by atoms with E-state index in [0.29, 0.717) is 18.5 Å². The fraction of sp³-hybridized carbons (Fsp3) is 0.583. The van der Waals surface area contributed by atoms with Crippen molar-refractivity contribution >= 4 is 5.91 Å². The minimum absolute atomic E-state index is 0.103. The van der Waals surface area contributed by atoms with Crippen molar-refractivity contribution in [2.24, 2.45) is 13.0 Å². The minimum atomic E-state index is 0.103. The van der Waals surface area contributed by atoms with Crippen molar-refractivity contribution < 1.29 is 9.69 Å². The molecule has 1 N–H and O–H groups in total. The monoisotopic (exact) mass is 395 g/mol. The maximum atomic E-state index is 13.7. The summed E-state index contributed by atoms with van der Waals surface area (Å²) in [6, 6.07) is 11.3. The van der Waals surface area contributed by atoms with Gasteiger partial charge in [0.1, 0.15) is 6.04 Å². The van der Waals surface area contributed by atoms with Crippen LogP contribution < -0.4 is 4.90 Å². The number of fused-ring (bicyclic) bond motifs is 1. The molecule has 156 valence electrons. The molecule has 2 aliphatic rings. The number of quaternary nitrogens is 1. The van der Waals surface area contributed by atoms with Crippen molar-refractivity contribution in [1.29, 1.82) is 0 Å². The smallest absolute Gasteiger partial charge is 0.226 e. The normalized spacial score (nSPS) is 23.8. The number of aromatic nitrogens is 2. The molecule has 0 radical (unpaired) electrons. The first-order valence-corrected chi connectivity index (χ1v) is 11.2. The molecule has 1 fully saturated rings. The number of aryl methyl sites for hydroxylation is 3. The Balaban J connectivity index is 1.54. The fourth-order valence-electron chi connectivity index (χ4n) is 5.34. The van der Waals surface area contributed by atoms with Crippen LogP contribution in [-0.2, 0) is 31.2 Å². The van der Waals surface area contributed by atoms with Crippen molar-refractivity contribution in [2.45, 2.75) is 58.5 Å². The highest BCUT2D eigenvalue weighted by Crippen LogP contribution is 2.27. The second kappa shape index (κ2) is 8.70. The van der Waals surface area contributed by atoms with E-state index in [9.17, 15) is 4.79 Å². The lowest BCUT2D eigenvalue weighted by molar-refractivity contribution is -0.909. The molecular weight excluding hydrogens is 360 g/mol. The van der Waals surface area contributed by atoms with Crippen molar-refractivity contribution in [3.63, 3.8) is 0 Å². The summed E-state index contributed by atoms with van der Waals surface area (Å²) in [7, 11) is 1.99. The van der Waals surface area contributed by atoms with Crippen LogP contribution in [0.15, 0.2) is 30.3 Å². The molecule has 1 saturated heterocycles. The van der Waals surface area contributed by atoms with E-state index in [1.54, 1.807) is 4.90 Å². The van der Waals surface area contributed by atoms with Crippen LogP contribution in [0.2, 0.25) is 0 Å². The van der Waals surface area contributed by atoms with E-state index in [0.717, 1.165) is 43.7 Å². The highest BCUT2D eigenvalue weighted by Gasteiger charge is 2.34. The maximum absolute atomic E-state index is 13.7. The van der Waals surface area contributed by atoms with Gasteiger partial charge in [-0.1, -0.05) is 24.3 Å². The van der Waals surface area contributed by atoms with Gasteiger partial charge in [-0.05, 0) is 50.3 Å². The molecule has 2 aromatic rings. The molecule has 1 unspecified atom stereocenters. The minimum Gasteiger partial charge on any atom is -0.331 e. The second-order valence-electron chi connectivity index (χ2n) is 8.93. The van der Waals surface area contributed by atoms with E-state index < -0.39 is 0 Å². The molecule has 5 nitrogen and oxygen atoms in total. The number of hydrogen-bond donors (Lipinski definition) is 1. The zero-order valence-electron chi connectivity index (χ0n) is 18.2. The number of benzene rings is 1. The van der Waals surface area contributed by atoms with Crippen molar-refractivity contribution in [1.82, 2.24) is 14.7 Å². The van der Waals surface area contributed by atoms with E-state index in [-0.39, 0.29) is 5.92 Å². The largest absolute Gasteiger partial charge is 0.331 e. The average molecular weight is 396 g/mol. The van der Waals surface area contributed by atoms with Gasteiger partial charge >= 0.3 is 0 Å². The Morgan fingerprint density at radius 3 is 2.79 bits per heavy atom. The standard InChI is InChI=1S/C24H34N4O/c1-4-27-13-7-10-22(27)16-28(17-23-14-18(2)25-26(23)3)24(29)21-12-11-19-8-5-6-9-20(19)15-21/h5-6,8-9,14,21-22H,4,7,10-13,15-17H2,1-3H3/p+1/t21-,22+/m1/s1. The van der Waals surface area contributed by atoms with Crippen LogP contribution in [0.1, 0.15) is 48.7 Å². The Morgan fingerprint density at radius 1 is 1.28 bits per heavy atom. The van der Waals surface area contributed by atoms with Gasteiger partial charge in [0.2, 0.25) is 5.91 Å². The van der Waals surface area contributed by atoms with Crippen LogP contribution in [-0.4, -0.2) is 46.3 Å².